The lowest BCUT2D eigenvalue weighted by atomic mass is 9.78. The second-order valence-corrected chi connectivity index (χ2v) is 12.3. The van der Waals surface area contributed by atoms with Crippen LogP contribution in [0.15, 0.2) is 90.0 Å². The monoisotopic (exact) mass is 621 g/mol. The third-order valence-corrected chi connectivity index (χ3v) is 8.64. The van der Waals surface area contributed by atoms with E-state index in [4.69, 9.17) is 9.47 Å². The number of Topliss-reactive ketones (excluding diaryl/α,β-unsaturated/α-hetero) is 2. The number of carbonyl (C=O) groups is 4. The third kappa shape index (κ3) is 7.04. The molecule has 1 N–H and O–H groups in total. The van der Waals surface area contributed by atoms with Gasteiger partial charge in [-0.3, -0.25) is 24.5 Å². The molecule has 2 atom stereocenters. The lowest BCUT2D eigenvalue weighted by Gasteiger charge is -2.31. The molecule has 0 bridgehead atoms. The molecule has 0 aromatic heterocycles. The zero-order valence-electron chi connectivity index (χ0n) is 27.9. The fraction of sp³-hybridized carbons (Fsp3) is 0.333. The second-order valence-electron chi connectivity index (χ2n) is 12.3. The van der Waals surface area contributed by atoms with Gasteiger partial charge in [0.25, 0.3) is 11.8 Å². The largest absolute Gasteiger partial charge is 0.483 e. The van der Waals surface area contributed by atoms with E-state index >= 15 is 0 Å². The molecule has 2 unspecified atom stereocenters. The van der Waals surface area contributed by atoms with Crippen molar-refractivity contribution in [2.45, 2.75) is 79.2 Å². The molecular formula is C39H43NO6. The van der Waals surface area contributed by atoms with Gasteiger partial charge in [0.1, 0.15) is 22.8 Å². The van der Waals surface area contributed by atoms with E-state index in [0.717, 1.165) is 11.1 Å². The molecule has 1 aliphatic carbocycles. The molecule has 0 saturated heterocycles. The van der Waals surface area contributed by atoms with Gasteiger partial charge >= 0.3 is 0 Å². The highest BCUT2D eigenvalue weighted by molar-refractivity contribution is 6.21. The Balaban J connectivity index is 0.00000235. The van der Waals surface area contributed by atoms with Gasteiger partial charge < -0.3 is 9.47 Å². The number of amides is 2. The van der Waals surface area contributed by atoms with Crippen molar-refractivity contribution in [1.82, 2.24) is 5.32 Å². The molecule has 0 spiro atoms. The maximum atomic E-state index is 12.9. The Labute approximate surface area is 271 Å². The zero-order valence-corrected chi connectivity index (χ0v) is 27.9. The van der Waals surface area contributed by atoms with Crippen LogP contribution in [-0.4, -0.2) is 29.0 Å². The average molecular weight is 622 g/mol. The summed E-state index contributed by atoms with van der Waals surface area (Å²) < 4.78 is 12.4. The van der Waals surface area contributed by atoms with E-state index in [9.17, 15) is 19.2 Å². The molecule has 7 heteroatoms. The van der Waals surface area contributed by atoms with Gasteiger partial charge in [0.05, 0.1) is 0 Å². The van der Waals surface area contributed by atoms with Crippen LogP contribution >= 0.6 is 0 Å². The topological polar surface area (TPSA) is 98.8 Å². The van der Waals surface area contributed by atoms with E-state index in [1.54, 1.807) is 24.3 Å². The first-order valence-corrected chi connectivity index (χ1v) is 15.9. The van der Waals surface area contributed by atoms with Crippen molar-refractivity contribution in [2.75, 3.05) is 0 Å². The summed E-state index contributed by atoms with van der Waals surface area (Å²) >= 11 is 0. The van der Waals surface area contributed by atoms with Crippen LogP contribution in [-0.2, 0) is 15.0 Å². The Bertz CT molecular complexity index is 1710. The van der Waals surface area contributed by atoms with Gasteiger partial charge in [-0.2, -0.15) is 0 Å². The van der Waals surface area contributed by atoms with Gasteiger partial charge in [0, 0.05) is 40.0 Å². The van der Waals surface area contributed by atoms with E-state index in [-0.39, 0.29) is 34.7 Å². The van der Waals surface area contributed by atoms with E-state index < -0.39 is 5.60 Å². The van der Waals surface area contributed by atoms with Crippen molar-refractivity contribution >= 4 is 23.4 Å². The Morgan fingerprint density at radius 3 is 2.00 bits per heavy atom. The SMILES string of the molecule is CC.CCC(C)C(=O)c1cc(Oc2ccc(C(C)(C)c3ccc(OC4(C)C=CC5=C(C4)C(=O)NC5=O)cc3)cc2)ccc1C(C)=O. The number of ether oxygens (including phenoxy) is 2. The van der Waals surface area contributed by atoms with Gasteiger partial charge in [0.15, 0.2) is 11.6 Å². The molecule has 2 aliphatic rings. The Morgan fingerprint density at radius 1 is 0.870 bits per heavy atom. The first kappa shape index (κ1) is 34.1. The van der Waals surface area contributed by atoms with Crippen LogP contribution in [0.1, 0.15) is 100 Å². The highest BCUT2D eigenvalue weighted by atomic mass is 16.5. The summed E-state index contributed by atoms with van der Waals surface area (Å²) in [6.45, 7) is 15.5. The maximum Gasteiger partial charge on any atom is 0.258 e. The highest BCUT2D eigenvalue weighted by Gasteiger charge is 2.38. The van der Waals surface area contributed by atoms with E-state index in [2.05, 4.69) is 19.2 Å². The first-order chi connectivity index (χ1) is 21.8. The fourth-order valence-corrected chi connectivity index (χ4v) is 5.60. The smallest absolute Gasteiger partial charge is 0.258 e. The Kier molecular flexibility index (Phi) is 10.1. The molecule has 3 aromatic rings. The molecule has 3 aromatic carbocycles. The van der Waals surface area contributed by atoms with Crippen molar-refractivity contribution in [1.29, 1.82) is 0 Å². The zero-order chi connectivity index (χ0) is 33.8. The van der Waals surface area contributed by atoms with Crippen molar-refractivity contribution in [2.24, 2.45) is 5.92 Å². The summed E-state index contributed by atoms with van der Waals surface area (Å²) in [5, 5.41) is 2.34. The van der Waals surface area contributed by atoms with Gasteiger partial charge in [-0.25, -0.2) is 0 Å². The van der Waals surface area contributed by atoms with Crippen LogP contribution in [0.4, 0.5) is 0 Å². The molecule has 2 amide bonds. The molecule has 0 fully saturated rings. The molecule has 1 heterocycles. The average Bonchev–Trinajstić information content (AvgIpc) is 3.32. The van der Waals surface area contributed by atoms with Crippen LogP contribution < -0.4 is 14.8 Å². The van der Waals surface area contributed by atoms with Crippen molar-refractivity contribution in [3.8, 4) is 17.2 Å². The highest BCUT2D eigenvalue weighted by Crippen LogP contribution is 2.37. The van der Waals surface area contributed by atoms with Crippen molar-refractivity contribution in [3.63, 3.8) is 0 Å². The fourth-order valence-electron chi connectivity index (χ4n) is 5.60. The van der Waals surface area contributed by atoms with Crippen LogP contribution in [0.25, 0.3) is 0 Å². The minimum atomic E-state index is -0.748. The number of ketones is 2. The Hall–Kier alpha value is -4.78. The van der Waals surface area contributed by atoms with E-state index in [1.165, 1.54) is 6.92 Å². The third-order valence-electron chi connectivity index (χ3n) is 8.64. The summed E-state index contributed by atoms with van der Waals surface area (Å²) in [5.74, 6) is 0.660. The van der Waals surface area contributed by atoms with Gasteiger partial charge in [-0.1, -0.05) is 65.8 Å². The summed E-state index contributed by atoms with van der Waals surface area (Å²) in [6, 6.07) is 20.7. The number of rotatable bonds is 10. The second kappa shape index (κ2) is 13.7. The number of nitrogens with one attached hydrogen (secondary N) is 1. The molecular weight excluding hydrogens is 578 g/mol. The predicted octanol–water partition coefficient (Wildman–Crippen LogP) is 8.31. The number of benzene rings is 3. The van der Waals surface area contributed by atoms with E-state index in [1.807, 2.05) is 89.2 Å². The minimum absolute atomic E-state index is 0.0646. The molecule has 5 rings (SSSR count). The van der Waals surface area contributed by atoms with Crippen molar-refractivity contribution < 1.29 is 28.7 Å². The van der Waals surface area contributed by atoms with Gasteiger partial charge in [-0.05, 0) is 86.0 Å². The summed E-state index contributed by atoms with van der Waals surface area (Å²) in [5.41, 5.74) is 2.76. The minimum Gasteiger partial charge on any atom is -0.483 e. The standard InChI is InChI=1S/C37H37NO6.C2H6/c1-7-22(2)33(40)31-20-28(16-17-29(31)23(3)39)43-26-12-8-24(9-13-26)36(4,5)25-10-14-27(15-11-25)44-37(6)19-18-30-32(21-37)35(42)38-34(30)41;1-2/h8-20,22H,7,21H2,1-6H3,(H,38,41,42);1-2H3. The summed E-state index contributed by atoms with van der Waals surface area (Å²) in [6.07, 6.45) is 4.49. The summed E-state index contributed by atoms with van der Waals surface area (Å²) in [7, 11) is 0. The van der Waals surface area contributed by atoms with Crippen LogP contribution in [0.2, 0.25) is 0 Å². The number of hydrogen-bond donors (Lipinski definition) is 1. The molecule has 7 nitrogen and oxygen atoms in total. The molecule has 0 radical (unpaired) electrons. The van der Waals surface area contributed by atoms with E-state index in [0.29, 0.717) is 52.4 Å². The van der Waals surface area contributed by atoms with Crippen LogP contribution in [0.3, 0.4) is 0 Å². The lowest BCUT2D eigenvalue weighted by Crippen LogP contribution is -2.33. The molecule has 0 saturated carbocycles. The molecule has 46 heavy (non-hydrogen) atoms. The summed E-state index contributed by atoms with van der Waals surface area (Å²) in [4.78, 5) is 49.2. The van der Waals surface area contributed by atoms with Crippen LogP contribution in [0.5, 0.6) is 17.2 Å². The molecule has 1 aliphatic heterocycles. The first-order valence-electron chi connectivity index (χ1n) is 15.9. The van der Waals surface area contributed by atoms with Crippen molar-refractivity contribution in [3.05, 3.63) is 112 Å². The van der Waals surface area contributed by atoms with Gasteiger partial charge in [0.2, 0.25) is 0 Å². The number of hydrogen-bond acceptors (Lipinski definition) is 6. The quantitative estimate of drug-likeness (QED) is 0.181. The Morgan fingerprint density at radius 2 is 1.43 bits per heavy atom. The maximum absolute atomic E-state index is 12.9. The lowest BCUT2D eigenvalue weighted by molar-refractivity contribution is -0.124. The van der Waals surface area contributed by atoms with Crippen LogP contribution in [0, 0.1) is 5.92 Å². The number of carbonyl (C=O) groups excluding carboxylic acids is 4. The van der Waals surface area contributed by atoms with Gasteiger partial charge in [-0.15, -0.1) is 0 Å². The number of imide groups is 1. The molecule has 240 valence electrons. The normalized spacial score (nSPS) is 17.8. The predicted molar refractivity (Wildman–Crippen MR) is 180 cm³/mol.